The summed E-state index contributed by atoms with van der Waals surface area (Å²) in [6.45, 7) is 12.8. The molecular formula is C16H23N5OS. The van der Waals surface area contributed by atoms with Gasteiger partial charge >= 0.3 is 0 Å². The molecule has 1 unspecified atom stereocenters. The molecule has 1 atom stereocenters. The molecule has 23 heavy (non-hydrogen) atoms. The molecule has 1 aliphatic carbocycles. The monoisotopic (exact) mass is 333 g/mol. The minimum atomic E-state index is -0.117. The van der Waals surface area contributed by atoms with Crippen molar-refractivity contribution in [3.63, 3.8) is 0 Å². The third-order valence-electron chi connectivity index (χ3n) is 3.74. The third-order valence-corrected chi connectivity index (χ3v) is 4.81. The molecule has 1 aliphatic rings. The summed E-state index contributed by atoms with van der Waals surface area (Å²) in [4.78, 5) is 4.53. The Balaban J connectivity index is 1.78. The normalized spacial score (nSPS) is 16.5. The van der Waals surface area contributed by atoms with Crippen molar-refractivity contribution in [2.24, 2.45) is 0 Å². The zero-order chi connectivity index (χ0) is 16.6. The number of hydrogen-bond acceptors (Lipinski definition) is 6. The highest BCUT2D eigenvalue weighted by Crippen LogP contribution is 2.41. The number of thioether (sulfide) groups is 1. The van der Waals surface area contributed by atoms with Gasteiger partial charge in [-0.1, -0.05) is 43.8 Å². The van der Waals surface area contributed by atoms with Gasteiger partial charge in [-0.3, -0.25) is 0 Å². The molecule has 0 spiro atoms. The second kappa shape index (κ2) is 6.11. The van der Waals surface area contributed by atoms with Gasteiger partial charge in [0.2, 0.25) is 5.89 Å². The number of nitrogens with zero attached hydrogens (tertiary/aromatic N) is 5. The summed E-state index contributed by atoms with van der Waals surface area (Å²) < 4.78 is 7.58. The standard InChI is InChI=1S/C16H23N5OS/c1-6-9-21-12(11-7-8-11)18-19-15(21)23-10(2)13-17-14(20-22-13)16(3,4)5/h6,10-11H,1,7-9H2,2-5H3. The van der Waals surface area contributed by atoms with E-state index in [-0.39, 0.29) is 10.7 Å². The molecule has 0 saturated heterocycles. The van der Waals surface area contributed by atoms with Crippen LogP contribution in [0.3, 0.4) is 0 Å². The van der Waals surface area contributed by atoms with E-state index in [0.717, 1.165) is 23.4 Å². The van der Waals surface area contributed by atoms with Gasteiger partial charge < -0.3 is 9.09 Å². The maximum Gasteiger partial charge on any atom is 0.239 e. The molecule has 3 rings (SSSR count). The van der Waals surface area contributed by atoms with Crippen LogP contribution in [0.25, 0.3) is 0 Å². The maximum atomic E-state index is 5.43. The van der Waals surface area contributed by atoms with Crippen molar-refractivity contribution in [2.75, 3.05) is 0 Å². The van der Waals surface area contributed by atoms with E-state index in [1.54, 1.807) is 11.8 Å². The highest BCUT2D eigenvalue weighted by Gasteiger charge is 2.31. The predicted molar refractivity (Wildman–Crippen MR) is 89.5 cm³/mol. The van der Waals surface area contributed by atoms with E-state index in [0.29, 0.717) is 11.8 Å². The Kier molecular flexibility index (Phi) is 4.31. The fourth-order valence-electron chi connectivity index (χ4n) is 2.24. The lowest BCUT2D eigenvalue weighted by molar-refractivity contribution is 0.364. The van der Waals surface area contributed by atoms with Gasteiger partial charge in [0.05, 0.1) is 5.25 Å². The van der Waals surface area contributed by atoms with Crippen LogP contribution in [-0.2, 0) is 12.0 Å². The second-order valence-electron chi connectivity index (χ2n) is 6.98. The Bertz CT molecular complexity index is 696. The number of aromatic nitrogens is 5. The summed E-state index contributed by atoms with van der Waals surface area (Å²) in [5.41, 5.74) is -0.117. The zero-order valence-electron chi connectivity index (χ0n) is 14.1. The van der Waals surface area contributed by atoms with Crippen LogP contribution >= 0.6 is 11.8 Å². The molecule has 0 N–H and O–H groups in total. The summed E-state index contributed by atoms with van der Waals surface area (Å²) in [7, 11) is 0. The molecule has 0 aliphatic heterocycles. The lowest BCUT2D eigenvalue weighted by atomic mass is 9.96. The molecule has 1 fully saturated rings. The van der Waals surface area contributed by atoms with Crippen LogP contribution in [0.5, 0.6) is 0 Å². The predicted octanol–water partition coefficient (Wildman–Crippen LogP) is 3.88. The molecule has 0 amide bonds. The molecule has 124 valence electrons. The van der Waals surface area contributed by atoms with Crippen LogP contribution in [0, 0.1) is 0 Å². The van der Waals surface area contributed by atoms with Gasteiger partial charge in [-0.15, -0.1) is 16.8 Å². The first-order chi connectivity index (χ1) is 10.9. The van der Waals surface area contributed by atoms with Crippen molar-refractivity contribution in [1.82, 2.24) is 24.9 Å². The van der Waals surface area contributed by atoms with Gasteiger partial charge in [-0.05, 0) is 19.8 Å². The first-order valence-corrected chi connectivity index (χ1v) is 8.83. The Morgan fingerprint density at radius 2 is 2.13 bits per heavy atom. The highest BCUT2D eigenvalue weighted by atomic mass is 32.2. The van der Waals surface area contributed by atoms with Crippen LogP contribution in [0.1, 0.15) is 69.2 Å². The van der Waals surface area contributed by atoms with E-state index in [1.807, 2.05) is 13.0 Å². The van der Waals surface area contributed by atoms with E-state index in [1.165, 1.54) is 12.8 Å². The molecule has 0 bridgehead atoms. The fraction of sp³-hybridized carbons (Fsp3) is 0.625. The van der Waals surface area contributed by atoms with Crippen LogP contribution < -0.4 is 0 Å². The highest BCUT2D eigenvalue weighted by molar-refractivity contribution is 7.99. The Labute approximate surface area is 140 Å². The van der Waals surface area contributed by atoms with E-state index >= 15 is 0 Å². The first kappa shape index (κ1) is 16.2. The Morgan fingerprint density at radius 3 is 2.70 bits per heavy atom. The molecule has 7 heteroatoms. The largest absolute Gasteiger partial charge is 0.338 e. The quantitative estimate of drug-likeness (QED) is 0.590. The molecule has 2 heterocycles. The van der Waals surface area contributed by atoms with Crippen molar-refractivity contribution in [1.29, 1.82) is 0 Å². The molecule has 0 aromatic carbocycles. The molecule has 2 aromatic rings. The van der Waals surface area contributed by atoms with Crippen molar-refractivity contribution < 1.29 is 4.52 Å². The van der Waals surface area contributed by atoms with Crippen LogP contribution in [0.15, 0.2) is 22.3 Å². The molecule has 1 saturated carbocycles. The van der Waals surface area contributed by atoms with E-state index in [4.69, 9.17) is 4.52 Å². The number of allylic oxidation sites excluding steroid dienone is 1. The van der Waals surface area contributed by atoms with Gasteiger partial charge in [0.15, 0.2) is 11.0 Å². The number of rotatable bonds is 6. The first-order valence-electron chi connectivity index (χ1n) is 7.95. The summed E-state index contributed by atoms with van der Waals surface area (Å²) >= 11 is 1.60. The van der Waals surface area contributed by atoms with E-state index in [9.17, 15) is 0 Å². The van der Waals surface area contributed by atoms with Gasteiger partial charge in [0.1, 0.15) is 5.82 Å². The topological polar surface area (TPSA) is 69.6 Å². The summed E-state index contributed by atoms with van der Waals surface area (Å²) in [5, 5.41) is 13.7. The lowest BCUT2D eigenvalue weighted by Gasteiger charge is -2.11. The second-order valence-corrected chi connectivity index (χ2v) is 8.29. The molecule has 2 aromatic heterocycles. The Morgan fingerprint density at radius 1 is 1.39 bits per heavy atom. The van der Waals surface area contributed by atoms with Gasteiger partial charge in [0.25, 0.3) is 0 Å². The number of hydrogen-bond donors (Lipinski definition) is 0. The fourth-order valence-corrected chi connectivity index (χ4v) is 3.14. The molecular weight excluding hydrogens is 310 g/mol. The SMILES string of the molecule is C=CCn1c(SC(C)c2nc(C(C)(C)C)no2)nnc1C1CC1. The van der Waals surface area contributed by atoms with Gasteiger partial charge in [-0.25, -0.2) is 0 Å². The maximum absolute atomic E-state index is 5.43. The summed E-state index contributed by atoms with van der Waals surface area (Å²) in [6.07, 6.45) is 4.29. The minimum Gasteiger partial charge on any atom is -0.338 e. The van der Waals surface area contributed by atoms with Crippen molar-refractivity contribution in [3.05, 3.63) is 30.2 Å². The van der Waals surface area contributed by atoms with Crippen LogP contribution in [0.4, 0.5) is 0 Å². The Hall–Kier alpha value is -1.63. The average Bonchev–Trinajstić information content (AvgIpc) is 3.05. The van der Waals surface area contributed by atoms with Crippen molar-refractivity contribution >= 4 is 11.8 Å². The van der Waals surface area contributed by atoms with Crippen LogP contribution in [-0.4, -0.2) is 24.9 Å². The smallest absolute Gasteiger partial charge is 0.239 e. The van der Waals surface area contributed by atoms with E-state index < -0.39 is 0 Å². The lowest BCUT2D eigenvalue weighted by Crippen LogP contribution is -2.13. The van der Waals surface area contributed by atoms with E-state index in [2.05, 4.69) is 52.3 Å². The molecule has 6 nitrogen and oxygen atoms in total. The minimum absolute atomic E-state index is 0.0263. The van der Waals surface area contributed by atoms with Crippen molar-refractivity contribution in [2.45, 2.75) is 68.8 Å². The van der Waals surface area contributed by atoms with Gasteiger partial charge in [0, 0.05) is 17.9 Å². The summed E-state index contributed by atoms with van der Waals surface area (Å²) in [5.74, 6) is 2.98. The zero-order valence-corrected chi connectivity index (χ0v) is 14.9. The summed E-state index contributed by atoms with van der Waals surface area (Å²) in [6, 6.07) is 0. The molecule has 0 radical (unpaired) electrons. The van der Waals surface area contributed by atoms with Crippen molar-refractivity contribution in [3.8, 4) is 0 Å². The van der Waals surface area contributed by atoms with Crippen LogP contribution in [0.2, 0.25) is 0 Å². The third kappa shape index (κ3) is 3.49. The average molecular weight is 333 g/mol. The van der Waals surface area contributed by atoms with Gasteiger partial charge in [-0.2, -0.15) is 4.98 Å².